The molecule has 1 aliphatic rings. The lowest BCUT2D eigenvalue weighted by Crippen LogP contribution is -2.32. The highest BCUT2D eigenvalue weighted by atomic mass is 16.5. The quantitative estimate of drug-likeness (QED) is 0.710. The third-order valence-corrected chi connectivity index (χ3v) is 2.97. The van der Waals surface area contributed by atoms with Crippen LogP contribution in [0.1, 0.15) is 46.0 Å². The predicted molar refractivity (Wildman–Crippen MR) is 69.0 cm³/mol. The highest BCUT2D eigenvalue weighted by Crippen LogP contribution is 2.14. The van der Waals surface area contributed by atoms with Crippen LogP contribution in [-0.2, 0) is 9.53 Å². The van der Waals surface area contributed by atoms with Gasteiger partial charge < -0.3 is 15.4 Å². The largest absolute Gasteiger partial charge is 0.378 e. The fraction of sp³-hybridized carbons (Fsp3) is 0.923. The number of carbonyl (C=O) groups excluding carboxylic acids is 1. The van der Waals surface area contributed by atoms with Gasteiger partial charge in [-0.3, -0.25) is 4.79 Å². The Morgan fingerprint density at radius 2 is 2.18 bits per heavy atom. The molecule has 0 saturated carbocycles. The van der Waals surface area contributed by atoms with Crippen molar-refractivity contribution in [3.8, 4) is 0 Å². The molecule has 0 radical (unpaired) electrons. The summed E-state index contributed by atoms with van der Waals surface area (Å²) in [4.78, 5) is 11.5. The molecule has 1 aliphatic heterocycles. The van der Waals surface area contributed by atoms with Crippen LogP contribution in [0.5, 0.6) is 0 Å². The van der Waals surface area contributed by atoms with Gasteiger partial charge in [-0.25, -0.2) is 0 Å². The zero-order valence-corrected chi connectivity index (χ0v) is 11.1. The van der Waals surface area contributed by atoms with Crippen LogP contribution in [-0.4, -0.2) is 37.7 Å². The molecule has 1 rings (SSSR count). The molecule has 0 aliphatic carbocycles. The second-order valence-electron chi connectivity index (χ2n) is 4.99. The molecule has 4 heteroatoms. The summed E-state index contributed by atoms with van der Waals surface area (Å²) in [6.07, 6.45) is 5.45. The highest BCUT2D eigenvalue weighted by molar-refractivity contribution is 5.75. The van der Waals surface area contributed by atoms with Crippen molar-refractivity contribution in [2.75, 3.05) is 19.7 Å². The summed E-state index contributed by atoms with van der Waals surface area (Å²) < 4.78 is 5.61. The van der Waals surface area contributed by atoms with Crippen LogP contribution in [0.4, 0.5) is 0 Å². The predicted octanol–water partition coefficient (Wildman–Crippen LogP) is 1.45. The zero-order valence-electron chi connectivity index (χ0n) is 11.1. The molecule has 1 saturated heterocycles. The summed E-state index contributed by atoms with van der Waals surface area (Å²) in [5.74, 6) is 0.133. The summed E-state index contributed by atoms with van der Waals surface area (Å²) >= 11 is 0. The molecule has 0 bridgehead atoms. The van der Waals surface area contributed by atoms with Gasteiger partial charge in [-0.15, -0.1) is 0 Å². The summed E-state index contributed by atoms with van der Waals surface area (Å²) in [7, 11) is 0. The molecule has 0 aromatic heterocycles. The average molecular weight is 242 g/mol. The van der Waals surface area contributed by atoms with E-state index in [9.17, 15) is 4.79 Å². The molecule has 4 nitrogen and oxygen atoms in total. The lowest BCUT2D eigenvalue weighted by Gasteiger charge is -2.22. The van der Waals surface area contributed by atoms with Gasteiger partial charge in [0, 0.05) is 32.2 Å². The first kappa shape index (κ1) is 14.5. The number of hydrogen-bond acceptors (Lipinski definition) is 3. The van der Waals surface area contributed by atoms with Crippen molar-refractivity contribution in [2.45, 2.75) is 58.1 Å². The lowest BCUT2D eigenvalue weighted by atomic mass is 10.1. The number of nitrogens with one attached hydrogen (secondary N) is 2. The molecule has 0 aromatic carbocycles. The molecule has 0 aromatic rings. The molecule has 1 amide bonds. The molecule has 1 heterocycles. The third-order valence-electron chi connectivity index (χ3n) is 2.97. The molecular formula is C13H26N2O2. The molecule has 1 atom stereocenters. The van der Waals surface area contributed by atoms with E-state index in [-0.39, 0.29) is 5.91 Å². The van der Waals surface area contributed by atoms with E-state index in [0.717, 1.165) is 32.5 Å². The molecular weight excluding hydrogens is 216 g/mol. The van der Waals surface area contributed by atoms with Crippen molar-refractivity contribution in [3.63, 3.8) is 0 Å². The minimum absolute atomic E-state index is 0.133. The number of rotatable bonds is 7. The van der Waals surface area contributed by atoms with Gasteiger partial charge in [0.1, 0.15) is 0 Å². The van der Waals surface area contributed by atoms with Gasteiger partial charge in [0.2, 0.25) is 5.91 Å². The van der Waals surface area contributed by atoms with Crippen molar-refractivity contribution in [2.24, 2.45) is 0 Å². The second-order valence-corrected chi connectivity index (χ2v) is 4.99. The Morgan fingerprint density at radius 3 is 2.82 bits per heavy atom. The van der Waals surface area contributed by atoms with Crippen molar-refractivity contribution in [1.29, 1.82) is 0 Å². The summed E-state index contributed by atoms with van der Waals surface area (Å²) in [5, 5.41) is 6.18. The first-order valence-electron chi connectivity index (χ1n) is 6.80. The van der Waals surface area contributed by atoms with Crippen molar-refractivity contribution < 1.29 is 9.53 Å². The Labute approximate surface area is 104 Å². The van der Waals surface area contributed by atoms with Crippen LogP contribution in [0.2, 0.25) is 0 Å². The van der Waals surface area contributed by atoms with Crippen molar-refractivity contribution in [1.82, 2.24) is 10.6 Å². The SMILES string of the molecule is CC(C)NCCC(=O)NCCC1CCCCO1. The number of carbonyl (C=O) groups is 1. The van der Waals surface area contributed by atoms with E-state index in [0.29, 0.717) is 18.6 Å². The Balaban J connectivity index is 1.95. The van der Waals surface area contributed by atoms with Gasteiger partial charge in [0.15, 0.2) is 0 Å². The van der Waals surface area contributed by atoms with E-state index in [1.807, 2.05) is 0 Å². The maximum absolute atomic E-state index is 11.5. The Kier molecular flexibility index (Phi) is 7.21. The van der Waals surface area contributed by atoms with Crippen molar-refractivity contribution >= 4 is 5.91 Å². The normalized spacial score (nSPS) is 20.5. The summed E-state index contributed by atoms with van der Waals surface area (Å²) in [5.41, 5.74) is 0. The number of ether oxygens (including phenoxy) is 1. The zero-order chi connectivity index (χ0) is 12.5. The van der Waals surface area contributed by atoms with Crippen LogP contribution in [0, 0.1) is 0 Å². The van der Waals surface area contributed by atoms with Crippen LogP contribution in [0.3, 0.4) is 0 Å². The van der Waals surface area contributed by atoms with E-state index >= 15 is 0 Å². The number of hydrogen-bond donors (Lipinski definition) is 2. The topological polar surface area (TPSA) is 50.4 Å². The van der Waals surface area contributed by atoms with Gasteiger partial charge >= 0.3 is 0 Å². The molecule has 1 unspecified atom stereocenters. The van der Waals surface area contributed by atoms with Gasteiger partial charge in [0.05, 0.1) is 6.10 Å². The number of amides is 1. The Bertz CT molecular complexity index is 213. The lowest BCUT2D eigenvalue weighted by molar-refractivity contribution is -0.121. The molecule has 1 fully saturated rings. The van der Waals surface area contributed by atoms with Crippen LogP contribution in [0.25, 0.3) is 0 Å². The van der Waals surface area contributed by atoms with E-state index < -0.39 is 0 Å². The maximum atomic E-state index is 11.5. The van der Waals surface area contributed by atoms with E-state index in [1.54, 1.807) is 0 Å². The molecule has 17 heavy (non-hydrogen) atoms. The standard InChI is InChI=1S/C13H26N2O2/c1-11(2)14-9-7-13(16)15-8-6-12-5-3-4-10-17-12/h11-12,14H,3-10H2,1-2H3,(H,15,16). The molecule has 0 spiro atoms. The smallest absolute Gasteiger partial charge is 0.221 e. The molecule has 100 valence electrons. The Hall–Kier alpha value is -0.610. The van der Waals surface area contributed by atoms with Crippen LogP contribution in [0.15, 0.2) is 0 Å². The maximum Gasteiger partial charge on any atom is 0.221 e. The fourth-order valence-electron chi connectivity index (χ4n) is 1.97. The van der Waals surface area contributed by atoms with E-state index in [2.05, 4.69) is 24.5 Å². The van der Waals surface area contributed by atoms with Crippen LogP contribution >= 0.6 is 0 Å². The monoisotopic (exact) mass is 242 g/mol. The van der Waals surface area contributed by atoms with Gasteiger partial charge in [0.25, 0.3) is 0 Å². The first-order valence-corrected chi connectivity index (χ1v) is 6.80. The van der Waals surface area contributed by atoms with E-state index in [1.165, 1.54) is 12.8 Å². The minimum atomic E-state index is 0.133. The minimum Gasteiger partial charge on any atom is -0.378 e. The fourth-order valence-corrected chi connectivity index (χ4v) is 1.97. The van der Waals surface area contributed by atoms with Gasteiger partial charge in [-0.05, 0) is 25.7 Å². The third kappa shape index (κ3) is 7.34. The van der Waals surface area contributed by atoms with Crippen molar-refractivity contribution in [3.05, 3.63) is 0 Å². The first-order chi connectivity index (χ1) is 8.18. The van der Waals surface area contributed by atoms with Gasteiger partial charge in [-0.2, -0.15) is 0 Å². The average Bonchev–Trinajstić information content (AvgIpc) is 2.30. The Morgan fingerprint density at radius 1 is 1.35 bits per heavy atom. The second kappa shape index (κ2) is 8.48. The summed E-state index contributed by atoms with van der Waals surface area (Å²) in [6.45, 7) is 6.54. The van der Waals surface area contributed by atoms with Crippen LogP contribution < -0.4 is 10.6 Å². The van der Waals surface area contributed by atoms with E-state index in [4.69, 9.17) is 4.74 Å². The van der Waals surface area contributed by atoms with Gasteiger partial charge in [-0.1, -0.05) is 13.8 Å². The molecule has 2 N–H and O–H groups in total. The highest BCUT2D eigenvalue weighted by Gasteiger charge is 2.13. The summed E-state index contributed by atoms with van der Waals surface area (Å²) in [6, 6.07) is 0.443.